The van der Waals surface area contributed by atoms with E-state index in [2.05, 4.69) is 0 Å². The van der Waals surface area contributed by atoms with Crippen LogP contribution in [0, 0.1) is 0 Å². The summed E-state index contributed by atoms with van der Waals surface area (Å²) in [6.45, 7) is 2.74. The van der Waals surface area contributed by atoms with Crippen molar-refractivity contribution in [2.45, 2.75) is 25.4 Å². The lowest BCUT2D eigenvalue weighted by molar-refractivity contribution is -0.155. The quantitative estimate of drug-likeness (QED) is 0.928. The van der Waals surface area contributed by atoms with Gasteiger partial charge >= 0.3 is 0 Å². The smallest absolute Gasteiger partial charge is 0.227 e. The molecule has 1 aliphatic heterocycles. The molecule has 0 radical (unpaired) electrons. The molecule has 1 fully saturated rings. The lowest BCUT2D eigenvalue weighted by Crippen LogP contribution is -2.63. The fourth-order valence-corrected chi connectivity index (χ4v) is 2.48. The Kier molecular flexibility index (Phi) is 3.85. The van der Waals surface area contributed by atoms with Crippen LogP contribution >= 0.6 is 23.2 Å². The summed E-state index contributed by atoms with van der Waals surface area (Å²) in [5, 5.41) is 10.9. The van der Waals surface area contributed by atoms with E-state index >= 15 is 0 Å². The topological polar surface area (TPSA) is 40.5 Å². The van der Waals surface area contributed by atoms with E-state index in [0.717, 1.165) is 5.56 Å². The third-order valence-corrected chi connectivity index (χ3v) is 3.92. The van der Waals surface area contributed by atoms with Crippen LogP contribution in [0.2, 0.25) is 10.0 Å². The van der Waals surface area contributed by atoms with Crippen LogP contribution < -0.4 is 0 Å². The second-order valence-corrected chi connectivity index (χ2v) is 5.58. The van der Waals surface area contributed by atoms with Crippen LogP contribution in [0.4, 0.5) is 0 Å². The van der Waals surface area contributed by atoms with Crippen molar-refractivity contribution in [2.24, 2.45) is 0 Å². The summed E-state index contributed by atoms with van der Waals surface area (Å²) < 4.78 is 0. The Hall–Kier alpha value is -0.770. The van der Waals surface area contributed by atoms with Crippen molar-refractivity contribution in [3.05, 3.63) is 33.8 Å². The van der Waals surface area contributed by atoms with E-state index in [9.17, 15) is 9.90 Å². The van der Waals surface area contributed by atoms with Crippen LogP contribution in [0.15, 0.2) is 18.2 Å². The summed E-state index contributed by atoms with van der Waals surface area (Å²) in [4.78, 5) is 13.6. The highest BCUT2D eigenvalue weighted by atomic mass is 35.5. The standard InChI is InChI=1S/C13H15Cl2NO2/c1-2-13(18)7-16(8-13)12(17)5-9-3-4-10(14)6-11(9)15/h3-4,6,18H,2,5,7-8H2,1H3. The number of halogens is 2. The van der Waals surface area contributed by atoms with E-state index in [-0.39, 0.29) is 12.3 Å². The van der Waals surface area contributed by atoms with Crippen molar-refractivity contribution in [1.29, 1.82) is 0 Å². The first-order valence-corrected chi connectivity index (χ1v) is 6.63. The molecule has 0 atom stereocenters. The molecule has 18 heavy (non-hydrogen) atoms. The summed E-state index contributed by atoms with van der Waals surface area (Å²) in [6.07, 6.45) is 0.911. The molecule has 5 heteroatoms. The third-order valence-electron chi connectivity index (χ3n) is 3.34. The van der Waals surface area contributed by atoms with Gasteiger partial charge in [0.25, 0.3) is 0 Å². The number of carbonyl (C=O) groups excluding carboxylic acids is 1. The number of β-amino-alcohol motifs (C(OH)–C–C–N with tert-alkyl or cyclic N) is 1. The second-order valence-electron chi connectivity index (χ2n) is 4.74. The molecule has 98 valence electrons. The summed E-state index contributed by atoms with van der Waals surface area (Å²) in [5.74, 6) is -0.0163. The van der Waals surface area contributed by atoms with Crippen molar-refractivity contribution >= 4 is 29.1 Å². The van der Waals surface area contributed by atoms with Gasteiger partial charge in [0.15, 0.2) is 0 Å². The van der Waals surface area contributed by atoms with E-state index in [1.165, 1.54) is 0 Å². The lowest BCUT2D eigenvalue weighted by Gasteiger charge is -2.46. The maximum absolute atomic E-state index is 12.0. The molecule has 1 N–H and O–H groups in total. The molecule has 1 aliphatic rings. The largest absolute Gasteiger partial charge is 0.386 e. The summed E-state index contributed by atoms with van der Waals surface area (Å²) >= 11 is 11.8. The Bertz CT molecular complexity index is 470. The van der Waals surface area contributed by atoms with E-state index < -0.39 is 5.60 Å². The van der Waals surface area contributed by atoms with Crippen molar-refractivity contribution in [3.8, 4) is 0 Å². The molecule has 1 aromatic carbocycles. The van der Waals surface area contributed by atoms with Gasteiger partial charge in [0, 0.05) is 10.0 Å². The number of aliphatic hydroxyl groups is 1. The van der Waals surface area contributed by atoms with E-state index in [4.69, 9.17) is 23.2 Å². The molecule has 1 aromatic rings. The molecule has 1 heterocycles. The van der Waals surface area contributed by atoms with Gasteiger partial charge in [-0.3, -0.25) is 4.79 Å². The van der Waals surface area contributed by atoms with Crippen molar-refractivity contribution in [2.75, 3.05) is 13.1 Å². The number of benzene rings is 1. The van der Waals surface area contributed by atoms with Gasteiger partial charge in [-0.15, -0.1) is 0 Å². The normalized spacial score (nSPS) is 17.4. The second kappa shape index (κ2) is 5.08. The first kappa shape index (κ1) is 13.7. The van der Waals surface area contributed by atoms with Crippen molar-refractivity contribution in [1.82, 2.24) is 4.90 Å². The third kappa shape index (κ3) is 2.79. The van der Waals surface area contributed by atoms with Crippen LogP contribution in [0.25, 0.3) is 0 Å². The van der Waals surface area contributed by atoms with Gasteiger partial charge < -0.3 is 10.0 Å². The minimum atomic E-state index is -0.695. The maximum atomic E-state index is 12.0. The molecule has 2 rings (SSSR count). The fourth-order valence-electron chi connectivity index (χ4n) is 2.00. The summed E-state index contributed by atoms with van der Waals surface area (Å²) in [6, 6.07) is 5.10. The molecule has 0 aliphatic carbocycles. The van der Waals surface area contributed by atoms with Crippen molar-refractivity contribution < 1.29 is 9.90 Å². The van der Waals surface area contributed by atoms with Gasteiger partial charge in [0.05, 0.1) is 25.1 Å². The van der Waals surface area contributed by atoms with E-state index in [1.54, 1.807) is 23.1 Å². The van der Waals surface area contributed by atoms with Crippen molar-refractivity contribution in [3.63, 3.8) is 0 Å². The SMILES string of the molecule is CCC1(O)CN(C(=O)Cc2ccc(Cl)cc2Cl)C1. The lowest BCUT2D eigenvalue weighted by atomic mass is 9.91. The first-order valence-electron chi connectivity index (χ1n) is 5.87. The monoisotopic (exact) mass is 287 g/mol. The first-order chi connectivity index (χ1) is 8.43. The van der Waals surface area contributed by atoms with E-state index in [0.29, 0.717) is 29.6 Å². The van der Waals surface area contributed by atoms with Crippen LogP contribution in [-0.2, 0) is 11.2 Å². The zero-order chi connectivity index (χ0) is 13.3. The molecule has 3 nitrogen and oxygen atoms in total. The van der Waals surface area contributed by atoms with Crippen LogP contribution in [0.3, 0.4) is 0 Å². The number of hydrogen-bond acceptors (Lipinski definition) is 2. The Morgan fingerprint density at radius 2 is 2.11 bits per heavy atom. The van der Waals surface area contributed by atoms with Gasteiger partial charge in [-0.1, -0.05) is 36.2 Å². The molecule has 0 bridgehead atoms. The average molecular weight is 288 g/mol. The molecule has 1 amide bonds. The Labute approximate surface area is 116 Å². The Balaban J connectivity index is 1.97. The summed E-state index contributed by atoms with van der Waals surface area (Å²) in [5.41, 5.74) is 0.0671. The molecular weight excluding hydrogens is 273 g/mol. The number of rotatable bonds is 3. The minimum Gasteiger partial charge on any atom is -0.386 e. The average Bonchev–Trinajstić information content (AvgIpc) is 2.28. The highest BCUT2D eigenvalue weighted by Gasteiger charge is 2.41. The molecular formula is C13H15Cl2NO2. The molecule has 0 aromatic heterocycles. The van der Waals surface area contributed by atoms with Gasteiger partial charge in [-0.25, -0.2) is 0 Å². The molecule has 0 saturated carbocycles. The number of amides is 1. The zero-order valence-electron chi connectivity index (χ0n) is 10.1. The minimum absolute atomic E-state index is 0.0163. The van der Waals surface area contributed by atoms with Gasteiger partial charge in [0.1, 0.15) is 0 Å². The van der Waals surface area contributed by atoms with Crippen LogP contribution in [0.1, 0.15) is 18.9 Å². The van der Waals surface area contributed by atoms with E-state index in [1.807, 2.05) is 6.92 Å². The highest BCUT2D eigenvalue weighted by Crippen LogP contribution is 2.26. The predicted molar refractivity (Wildman–Crippen MR) is 72.0 cm³/mol. The highest BCUT2D eigenvalue weighted by molar-refractivity contribution is 6.35. The molecule has 1 saturated heterocycles. The maximum Gasteiger partial charge on any atom is 0.227 e. The predicted octanol–water partition coefficient (Wildman–Crippen LogP) is 2.52. The molecule has 0 spiro atoms. The van der Waals surface area contributed by atoms with Crippen LogP contribution in [0.5, 0.6) is 0 Å². The van der Waals surface area contributed by atoms with Gasteiger partial charge in [0.2, 0.25) is 5.91 Å². The molecule has 0 unspecified atom stereocenters. The Morgan fingerprint density at radius 3 is 2.67 bits per heavy atom. The number of likely N-dealkylation sites (tertiary alicyclic amines) is 1. The van der Waals surface area contributed by atoms with Gasteiger partial charge in [-0.05, 0) is 24.1 Å². The van der Waals surface area contributed by atoms with Gasteiger partial charge in [-0.2, -0.15) is 0 Å². The number of hydrogen-bond donors (Lipinski definition) is 1. The number of carbonyl (C=O) groups is 1. The fraction of sp³-hybridized carbons (Fsp3) is 0.462. The summed E-state index contributed by atoms with van der Waals surface area (Å²) in [7, 11) is 0. The van der Waals surface area contributed by atoms with Crippen LogP contribution in [-0.4, -0.2) is 34.6 Å². The Morgan fingerprint density at radius 1 is 1.44 bits per heavy atom. The number of nitrogens with zero attached hydrogens (tertiary/aromatic N) is 1. The zero-order valence-corrected chi connectivity index (χ0v) is 11.6.